The van der Waals surface area contributed by atoms with E-state index in [2.05, 4.69) is 0 Å². The summed E-state index contributed by atoms with van der Waals surface area (Å²) in [5.41, 5.74) is 9.22. The third-order valence-corrected chi connectivity index (χ3v) is 2.87. The van der Waals surface area contributed by atoms with Crippen LogP contribution in [0.3, 0.4) is 0 Å². The van der Waals surface area contributed by atoms with Crippen LogP contribution in [0.5, 0.6) is 0 Å². The summed E-state index contributed by atoms with van der Waals surface area (Å²) in [6.45, 7) is 6.64. The normalized spacial score (nSPS) is 10.7. The van der Waals surface area contributed by atoms with Crippen LogP contribution in [0.1, 0.15) is 25.0 Å². The fourth-order valence-electron chi connectivity index (χ4n) is 1.68. The zero-order valence-corrected chi connectivity index (χ0v) is 11.6. The third-order valence-electron chi connectivity index (χ3n) is 2.87. The largest absolute Gasteiger partial charge is 0.463 e. The van der Waals surface area contributed by atoms with Crippen LogP contribution >= 0.6 is 0 Å². The molecular weight excluding hydrogens is 242 g/mol. The van der Waals surface area contributed by atoms with Crippen molar-refractivity contribution in [2.45, 2.75) is 20.8 Å². The number of benzene rings is 1. The summed E-state index contributed by atoms with van der Waals surface area (Å²) in [7, 11) is 0. The highest BCUT2D eigenvalue weighted by Gasteiger charge is 2.09. The van der Waals surface area contributed by atoms with Gasteiger partial charge in [-0.05, 0) is 44.0 Å². The molecule has 0 fully saturated rings. The van der Waals surface area contributed by atoms with E-state index in [1.807, 2.05) is 26.0 Å². The van der Waals surface area contributed by atoms with Gasteiger partial charge in [-0.3, -0.25) is 0 Å². The first-order valence-corrected chi connectivity index (χ1v) is 6.27. The maximum Gasteiger partial charge on any atom is 0.330 e. The van der Waals surface area contributed by atoms with Crippen LogP contribution in [-0.2, 0) is 9.53 Å². The number of nitrogens with two attached hydrogens (primary N) is 2. The van der Waals surface area contributed by atoms with Gasteiger partial charge >= 0.3 is 5.97 Å². The molecule has 0 unspecified atom stereocenters. The lowest BCUT2D eigenvalue weighted by Crippen LogP contribution is -2.31. The van der Waals surface area contributed by atoms with E-state index in [0.29, 0.717) is 18.8 Å². The van der Waals surface area contributed by atoms with Gasteiger partial charge in [-0.15, -0.1) is 0 Å². The Kier molecular flexibility index (Phi) is 5.38. The molecule has 1 aromatic rings. The molecule has 0 saturated carbocycles. The van der Waals surface area contributed by atoms with E-state index in [4.69, 9.17) is 16.3 Å². The Balaban J connectivity index is 3.00. The molecule has 4 N–H and O–H groups in total. The summed E-state index contributed by atoms with van der Waals surface area (Å²) in [6, 6.07) is 3.73. The number of nitrogen functional groups attached to an aromatic ring is 1. The zero-order valence-electron chi connectivity index (χ0n) is 11.6. The predicted octanol–water partition coefficient (Wildman–Crippen LogP) is 1.85. The van der Waals surface area contributed by atoms with Crippen molar-refractivity contribution in [3.8, 4) is 0 Å². The number of carbonyl (C=O) groups excluding carboxylic acids is 1. The molecule has 0 amide bonds. The van der Waals surface area contributed by atoms with E-state index < -0.39 is 0 Å². The molecule has 1 aromatic carbocycles. The predicted molar refractivity (Wildman–Crippen MR) is 78.5 cm³/mol. The van der Waals surface area contributed by atoms with Crippen LogP contribution in [0.2, 0.25) is 0 Å². The van der Waals surface area contributed by atoms with Crippen molar-refractivity contribution < 1.29 is 9.53 Å². The molecule has 19 heavy (non-hydrogen) atoms. The summed E-state index contributed by atoms with van der Waals surface area (Å²) in [4.78, 5) is 11.3. The van der Waals surface area contributed by atoms with Gasteiger partial charge in [-0.25, -0.2) is 10.6 Å². The maximum absolute atomic E-state index is 11.3. The second-order valence-corrected chi connectivity index (χ2v) is 4.08. The second kappa shape index (κ2) is 6.80. The van der Waals surface area contributed by atoms with Crippen molar-refractivity contribution in [1.82, 2.24) is 0 Å². The average Bonchev–Trinajstić information content (AvgIpc) is 2.40. The highest BCUT2D eigenvalue weighted by molar-refractivity contribution is 5.88. The lowest BCUT2D eigenvalue weighted by atomic mass is 10.0. The Bertz CT molecular complexity index is 484. The molecule has 1 rings (SSSR count). The van der Waals surface area contributed by atoms with Crippen LogP contribution in [0.25, 0.3) is 6.08 Å². The molecule has 5 heteroatoms. The topological polar surface area (TPSA) is 81.6 Å². The van der Waals surface area contributed by atoms with E-state index >= 15 is 0 Å². The number of hydrogen-bond acceptors (Lipinski definition) is 5. The molecule has 0 aromatic heterocycles. The fraction of sp³-hybridized carbons (Fsp3) is 0.357. The van der Waals surface area contributed by atoms with E-state index in [1.165, 1.54) is 6.08 Å². The van der Waals surface area contributed by atoms with E-state index in [9.17, 15) is 4.79 Å². The van der Waals surface area contributed by atoms with Crippen molar-refractivity contribution in [3.05, 3.63) is 29.3 Å². The number of anilines is 2. The smallest absolute Gasteiger partial charge is 0.330 e. The number of carbonyl (C=O) groups is 1. The number of ether oxygens (including phenoxy) is 1. The lowest BCUT2D eigenvalue weighted by Gasteiger charge is -2.20. The van der Waals surface area contributed by atoms with Crippen LogP contribution in [0, 0.1) is 6.92 Å². The molecule has 0 saturated heterocycles. The maximum atomic E-state index is 11.3. The van der Waals surface area contributed by atoms with Crippen LogP contribution in [0.15, 0.2) is 18.2 Å². The number of esters is 1. The van der Waals surface area contributed by atoms with Gasteiger partial charge in [0, 0.05) is 12.6 Å². The van der Waals surface area contributed by atoms with Gasteiger partial charge in [0.25, 0.3) is 0 Å². The van der Waals surface area contributed by atoms with Gasteiger partial charge in [0.05, 0.1) is 18.0 Å². The molecule has 5 nitrogen and oxygen atoms in total. The van der Waals surface area contributed by atoms with Crippen LogP contribution in [0.4, 0.5) is 11.4 Å². The first-order valence-electron chi connectivity index (χ1n) is 6.27. The first kappa shape index (κ1) is 15.0. The summed E-state index contributed by atoms with van der Waals surface area (Å²) in [6.07, 6.45) is 3.09. The fourth-order valence-corrected chi connectivity index (χ4v) is 1.68. The Morgan fingerprint density at radius 1 is 1.42 bits per heavy atom. The number of rotatable bonds is 5. The van der Waals surface area contributed by atoms with Crippen LogP contribution in [-0.4, -0.2) is 19.1 Å². The monoisotopic (exact) mass is 263 g/mol. The summed E-state index contributed by atoms with van der Waals surface area (Å²) in [5, 5.41) is 1.58. The third kappa shape index (κ3) is 3.72. The van der Waals surface area contributed by atoms with E-state index in [0.717, 1.165) is 16.8 Å². The Morgan fingerprint density at radius 3 is 2.68 bits per heavy atom. The Hall–Kier alpha value is -2.01. The molecule has 0 aliphatic rings. The average molecular weight is 263 g/mol. The molecule has 0 bridgehead atoms. The summed E-state index contributed by atoms with van der Waals surface area (Å²) >= 11 is 0. The molecule has 104 valence electrons. The van der Waals surface area contributed by atoms with Gasteiger partial charge in [0.1, 0.15) is 0 Å². The van der Waals surface area contributed by atoms with E-state index in [-0.39, 0.29) is 5.97 Å². The number of hydrogen-bond donors (Lipinski definition) is 2. The number of hydrazine groups is 1. The quantitative estimate of drug-likeness (QED) is 0.278. The molecule has 0 aliphatic heterocycles. The van der Waals surface area contributed by atoms with E-state index in [1.54, 1.807) is 18.0 Å². The van der Waals surface area contributed by atoms with Gasteiger partial charge in [0.15, 0.2) is 0 Å². The molecule has 0 atom stereocenters. The van der Waals surface area contributed by atoms with Gasteiger partial charge in [0.2, 0.25) is 0 Å². The van der Waals surface area contributed by atoms with Gasteiger partial charge < -0.3 is 15.5 Å². The summed E-state index contributed by atoms with van der Waals surface area (Å²) in [5.74, 6) is 5.47. The minimum absolute atomic E-state index is 0.362. The second-order valence-electron chi connectivity index (χ2n) is 4.08. The Labute approximate surface area is 113 Å². The van der Waals surface area contributed by atoms with Crippen molar-refractivity contribution >= 4 is 23.4 Å². The molecule has 0 heterocycles. The Morgan fingerprint density at radius 2 is 2.11 bits per heavy atom. The van der Waals surface area contributed by atoms with Crippen LogP contribution < -0.4 is 16.6 Å². The highest BCUT2D eigenvalue weighted by Crippen LogP contribution is 2.28. The summed E-state index contributed by atoms with van der Waals surface area (Å²) < 4.78 is 4.83. The molecule has 0 aliphatic carbocycles. The zero-order chi connectivity index (χ0) is 14.4. The number of nitrogens with zero attached hydrogens (tertiary/aromatic N) is 1. The molecule has 0 radical (unpaired) electrons. The first-order chi connectivity index (χ1) is 9.01. The minimum atomic E-state index is -0.362. The minimum Gasteiger partial charge on any atom is -0.463 e. The standard InChI is InChI=1S/C14H21N3O2/c1-4-17(16)12-8-6-11(10(3)14(12)15)7-9-13(18)19-5-2/h6-9H,4-5,15-16H2,1-3H3/b9-7+. The molecular formula is C14H21N3O2. The van der Waals surface area contributed by atoms with Crippen molar-refractivity contribution in [1.29, 1.82) is 0 Å². The lowest BCUT2D eigenvalue weighted by molar-refractivity contribution is -0.137. The van der Waals surface area contributed by atoms with Crippen molar-refractivity contribution in [2.24, 2.45) is 5.84 Å². The molecule has 0 spiro atoms. The highest BCUT2D eigenvalue weighted by atomic mass is 16.5. The SMILES string of the molecule is CCOC(=O)/C=C/c1ccc(N(N)CC)c(N)c1C. The van der Waals surface area contributed by atoms with Crippen molar-refractivity contribution in [2.75, 3.05) is 23.9 Å². The van der Waals surface area contributed by atoms with Gasteiger partial charge in [-0.2, -0.15) is 0 Å². The van der Waals surface area contributed by atoms with Gasteiger partial charge in [-0.1, -0.05) is 6.07 Å². The van der Waals surface area contributed by atoms with Crippen molar-refractivity contribution in [3.63, 3.8) is 0 Å².